The summed E-state index contributed by atoms with van der Waals surface area (Å²) in [5, 5.41) is 6.35. The lowest BCUT2D eigenvalue weighted by Crippen LogP contribution is -2.26. The van der Waals surface area contributed by atoms with E-state index in [9.17, 15) is 4.39 Å². The Morgan fingerprint density at radius 3 is 2.72 bits per heavy atom. The highest BCUT2D eigenvalue weighted by Crippen LogP contribution is 2.26. The number of aromatic nitrogens is 4. The molecule has 6 nitrogen and oxygen atoms in total. The van der Waals surface area contributed by atoms with Gasteiger partial charge < -0.3 is 15.6 Å². The third-order valence-corrected chi connectivity index (χ3v) is 4.71. The first-order valence-electron chi connectivity index (χ1n) is 8.68. The highest BCUT2D eigenvalue weighted by atomic mass is 19.1. The maximum atomic E-state index is 13.7. The number of rotatable bonds is 4. The van der Waals surface area contributed by atoms with Gasteiger partial charge in [0.15, 0.2) is 5.65 Å². The van der Waals surface area contributed by atoms with Gasteiger partial charge in [-0.3, -0.25) is 0 Å². The predicted molar refractivity (Wildman–Crippen MR) is 96.4 cm³/mol. The maximum absolute atomic E-state index is 13.7. The van der Waals surface area contributed by atoms with Crippen LogP contribution < -0.4 is 10.6 Å². The molecule has 4 rings (SSSR count). The first kappa shape index (κ1) is 15.8. The molecule has 1 aromatic carbocycles. The second kappa shape index (κ2) is 6.66. The molecule has 7 heteroatoms. The quantitative estimate of drug-likeness (QED) is 0.662. The van der Waals surface area contributed by atoms with Crippen molar-refractivity contribution in [3.63, 3.8) is 0 Å². The highest BCUT2D eigenvalue weighted by Gasteiger charge is 2.19. The van der Waals surface area contributed by atoms with Gasteiger partial charge in [-0.1, -0.05) is 19.1 Å². The SMILES string of the molecule is C[C@H]1CC[C@H](Nc2ncc3nc(Nc4ccccc4F)[nH]c3n2)CC1. The number of nitrogens with one attached hydrogen (secondary N) is 3. The molecule has 0 amide bonds. The second-order valence-electron chi connectivity index (χ2n) is 6.72. The molecule has 0 unspecified atom stereocenters. The Hall–Kier alpha value is -2.70. The van der Waals surface area contributed by atoms with Crippen LogP contribution in [0, 0.1) is 11.7 Å². The number of benzene rings is 1. The van der Waals surface area contributed by atoms with E-state index in [1.807, 2.05) is 0 Å². The van der Waals surface area contributed by atoms with Crippen molar-refractivity contribution in [3.8, 4) is 0 Å². The Morgan fingerprint density at radius 2 is 1.92 bits per heavy atom. The number of para-hydroxylation sites is 1. The summed E-state index contributed by atoms with van der Waals surface area (Å²) in [5.41, 5.74) is 1.63. The van der Waals surface area contributed by atoms with Gasteiger partial charge in [-0.05, 0) is 43.7 Å². The van der Waals surface area contributed by atoms with E-state index in [0.29, 0.717) is 34.8 Å². The Labute approximate surface area is 145 Å². The number of imidazole rings is 1. The smallest absolute Gasteiger partial charge is 0.224 e. The van der Waals surface area contributed by atoms with Gasteiger partial charge in [-0.2, -0.15) is 4.98 Å². The fraction of sp³-hybridized carbons (Fsp3) is 0.389. The number of nitrogens with zero attached hydrogens (tertiary/aromatic N) is 3. The predicted octanol–water partition coefficient (Wildman–Crippen LogP) is 4.23. The van der Waals surface area contributed by atoms with Crippen molar-refractivity contribution < 1.29 is 4.39 Å². The summed E-state index contributed by atoms with van der Waals surface area (Å²) >= 11 is 0. The van der Waals surface area contributed by atoms with E-state index >= 15 is 0 Å². The Bertz CT molecular complexity index is 869. The maximum Gasteiger partial charge on any atom is 0.224 e. The normalized spacial score (nSPS) is 20.6. The molecule has 3 aromatic rings. The molecule has 25 heavy (non-hydrogen) atoms. The monoisotopic (exact) mass is 340 g/mol. The van der Waals surface area contributed by atoms with Crippen LogP contribution in [0.2, 0.25) is 0 Å². The minimum Gasteiger partial charge on any atom is -0.351 e. The number of anilines is 3. The largest absolute Gasteiger partial charge is 0.351 e. The molecule has 130 valence electrons. The lowest BCUT2D eigenvalue weighted by Gasteiger charge is -2.26. The van der Waals surface area contributed by atoms with Crippen LogP contribution in [0.4, 0.5) is 22.0 Å². The van der Waals surface area contributed by atoms with Gasteiger partial charge in [0, 0.05) is 6.04 Å². The summed E-state index contributed by atoms with van der Waals surface area (Å²) in [6.45, 7) is 2.30. The third kappa shape index (κ3) is 3.55. The molecule has 0 spiro atoms. The number of halogens is 1. The first-order valence-corrected chi connectivity index (χ1v) is 8.68. The van der Waals surface area contributed by atoms with Crippen LogP contribution in [0.5, 0.6) is 0 Å². The van der Waals surface area contributed by atoms with Gasteiger partial charge in [0.25, 0.3) is 0 Å². The zero-order valence-corrected chi connectivity index (χ0v) is 14.1. The molecule has 0 bridgehead atoms. The number of fused-ring (bicyclic) bond motifs is 1. The molecule has 1 fully saturated rings. The zero-order valence-electron chi connectivity index (χ0n) is 14.1. The van der Waals surface area contributed by atoms with Crippen LogP contribution >= 0.6 is 0 Å². The standard InChI is InChI=1S/C18H21FN6/c1-11-6-8-12(9-7-11)21-17-20-10-15-16(24-17)25-18(23-15)22-14-5-3-2-4-13(14)19/h2-5,10-12H,6-9H2,1H3,(H3,20,21,22,23,24,25)/t11-,12-. The van der Waals surface area contributed by atoms with Gasteiger partial charge in [0.2, 0.25) is 11.9 Å². The van der Waals surface area contributed by atoms with Crippen molar-refractivity contribution in [1.29, 1.82) is 0 Å². The van der Waals surface area contributed by atoms with Gasteiger partial charge in [-0.25, -0.2) is 14.4 Å². The fourth-order valence-electron chi connectivity index (χ4n) is 3.22. The van der Waals surface area contributed by atoms with Gasteiger partial charge in [0.05, 0.1) is 11.9 Å². The lowest BCUT2D eigenvalue weighted by molar-refractivity contribution is 0.360. The minimum absolute atomic E-state index is 0.331. The van der Waals surface area contributed by atoms with Gasteiger partial charge in [-0.15, -0.1) is 0 Å². The second-order valence-corrected chi connectivity index (χ2v) is 6.72. The van der Waals surface area contributed by atoms with Gasteiger partial charge >= 0.3 is 0 Å². The van der Waals surface area contributed by atoms with Crippen molar-refractivity contribution >= 4 is 28.7 Å². The Balaban J connectivity index is 1.50. The molecule has 0 aliphatic heterocycles. The summed E-state index contributed by atoms with van der Waals surface area (Å²) < 4.78 is 13.7. The average Bonchev–Trinajstić information content (AvgIpc) is 3.01. The van der Waals surface area contributed by atoms with Crippen LogP contribution in [0.25, 0.3) is 11.2 Å². The molecule has 0 atom stereocenters. The molecular formula is C18H21FN6. The Morgan fingerprint density at radius 1 is 1.12 bits per heavy atom. The molecule has 0 radical (unpaired) electrons. The molecule has 3 N–H and O–H groups in total. The van der Waals surface area contributed by atoms with Crippen molar-refractivity contribution in [3.05, 3.63) is 36.3 Å². The van der Waals surface area contributed by atoms with E-state index in [1.165, 1.54) is 18.9 Å². The lowest BCUT2D eigenvalue weighted by atomic mass is 9.87. The van der Waals surface area contributed by atoms with Crippen LogP contribution in [0.3, 0.4) is 0 Å². The summed E-state index contributed by atoms with van der Waals surface area (Å²) in [6, 6.07) is 6.89. The number of hydrogen-bond donors (Lipinski definition) is 3. The molecule has 2 aromatic heterocycles. The third-order valence-electron chi connectivity index (χ3n) is 4.71. The van der Waals surface area contributed by atoms with Crippen LogP contribution in [-0.2, 0) is 0 Å². The molecule has 0 saturated heterocycles. The summed E-state index contributed by atoms with van der Waals surface area (Å²) in [6.07, 6.45) is 6.44. The molecular weight excluding hydrogens is 319 g/mol. The average molecular weight is 340 g/mol. The van der Waals surface area contributed by atoms with Crippen LogP contribution in [0.1, 0.15) is 32.6 Å². The van der Waals surface area contributed by atoms with E-state index in [0.717, 1.165) is 18.8 Å². The minimum atomic E-state index is -0.331. The number of hydrogen-bond acceptors (Lipinski definition) is 5. The van der Waals surface area contributed by atoms with E-state index in [2.05, 4.69) is 37.5 Å². The van der Waals surface area contributed by atoms with Crippen molar-refractivity contribution in [2.75, 3.05) is 10.6 Å². The van der Waals surface area contributed by atoms with Crippen molar-refractivity contribution in [1.82, 2.24) is 19.9 Å². The zero-order chi connectivity index (χ0) is 17.2. The first-order chi connectivity index (χ1) is 12.2. The van der Waals surface area contributed by atoms with E-state index in [1.54, 1.807) is 24.4 Å². The molecule has 2 heterocycles. The molecule has 1 aliphatic carbocycles. The van der Waals surface area contributed by atoms with Gasteiger partial charge in [0.1, 0.15) is 11.3 Å². The summed E-state index contributed by atoms with van der Waals surface area (Å²) in [7, 11) is 0. The molecule has 1 saturated carbocycles. The van der Waals surface area contributed by atoms with Crippen molar-refractivity contribution in [2.24, 2.45) is 5.92 Å². The number of aromatic amines is 1. The van der Waals surface area contributed by atoms with E-state index in [-0.39, 0.29) is 5.82 Å². The number of H-pyrrole nitrogens is 1. The molecule has 1 aliphatic rings. The fourth-order valence-corrected chi connectivity index (χ4v) is 3.22. The summed E-state index contributed by atoms with van der Waals surface area (Å²) in [4.78, 5) is 16.3. The van der Waals surface area contributed by atoms with Crippen LogP contribution in [-0.4, -0.2) is 26.0 Å². The van der Waals surface area contributed by atoms with Crippen LogP contribution in [0.15, 0.2) is 30.5 Å². The van der Waals surface area contributed by atoms with E-state index < -0.39 is 0 Å². The Kier molecular flexibility index (Phi) is 4.21. The summed E-state index contributed by atoms with van der Waals surface area (Å²) in [5.74, 6) is 1.52. The van der Waals surface area contributed by atoms with Crippen molar-refractivity contribution in [2.45, 2.75) is 38.6 Å². The topological polar surface area (TPSA) is 78.5 Å². The highest BCUT2D eigenvalue weighted by molar-refractivity contribution is 5.74. The van der Waals surface area contributed by atoms with E-state index in [4.69, 9.17) is 0 Å².